The molecule has 1 saturated heterocycles. The molecule has 82 valence electrons. The van der Waals surface area contributed by atoms with E-state index < -0.39 is 0 Å². The van der Waals surface area contributed by atoms with Gasteiger partial charge in [-0.25, -0.2) is 0 Å². The average Bonchev–Trinajstić information content (AvgIpc) is 2.69. The summed E-state index contributed by atoms with van der Waals surface area (Å²) in [6.45, 7) is 3.27. The summed E-state index contributed by atoms with van der Waals surface area (Å²) in [5, 5.41) is 0. The van der Waals surface area contributed by atoms with Crippen LogP contribution in [0, 0.1) is 11.8 Å². The molecule has 1 heterocycles. The first-order valence-corrected chi connectivity index (χ1v) is 5.89. The molecule has 0 aromatic heterocycles. The summed E-state index contributed by atoms with van der Waals surface area (Å²) in [6.07, 6.45) is 6.71. The molecule has 0 bridgehead atoms. The Morgan fingerprint density at radius 3 is 2.86 bits per heavy atom. The van der Waals surface area contributed by atoms with Crippen LogP contribution in [0.3, 0.4) is 0 Å². The van der Waals surface area contributed by atoms with Gasteiger partial charge < -0.3 is 4.74 Å². The van der Waals surface area contributed by atoms with Gasteiger partial charge in [-0.3, -0.25) is 11.3 Å². The van der Waals surface area contributed by atoms with Gasteiger partial charge in [-0.2, -0.15) is 0 Å². The van der Waals surface area contributed by atoms with Crippen molar-refractivity contribution in [1.82, 2.24) is 5.43 Å². The quantitative estimate of drug-likeness (QED) is 0.519. The van der Waals surface area contributed by atoms with Gasteiger partial charge in [-0.1, -0.05) is 6.92 Å². The van der Waals surface area contributed by atoms with E-state index in [2.05, 4.69) is 12.3 Å². The number of nitrogens with two attached hydrogens (primary N) is 1. The molecule has 3 N–H and O–H groups in total. The molecule has 1 aliphatic carbocycles. The summed E-state index contributed by atoms with van der Waals surface area (Å²) in [4.78, 5) is 0. The second kappa shape index (κ2) is 4.60. The predicted molar refractivity (Wildman–Crippen MR) is 56.6 cm³/mol. The normalized spacial score (nSPS) is 38.6. The molecule has 3 heteroatoms. The fourth-order valence-electron chi connectivity index (χ4n) is 2.57. The highest BCUT2D eigenvalue weighted by Gasteiger charge is 2.38. The van der Waals surface area contributed by atoms with Crippen molar-refractivity contribution in [3.63, 3.8) is 0 Å². The summed E-state index contributed by atoms with van der Waals surface area (Å²) in [5.74, 6) is 7.27. The minimum atomic E-state index is 0.514. The van der Waals surface area contributed by atoms with Crippen molar-refractivity contribution in [3.8, 4) is 0 Å². The van der Waals surface area contributed by atoms with E-state index in [0.717, 1.165) is 18.4 Å². The van der Waals surface area contributed by atoms with Crippen LogP contribution in [-0.2, 0) is 4.74 Å². The smallest absolute Gasteiger partial charge is 0.0576 e. The second-order valence-electron chi connectivity index (χ2n) is 4.86. The Balaban J connectivity index is 1.67. The largest absolute Gasteiger partial charge is 0.378 e. The maximum absolute atomic E-state index is 5.61. The first-order valence-electron chi connectivity index (χ1n) is 5.89. The van der Waals surface area contributed by atoms with Crippen LogP contribution in [0.25, 0.3) is 0 Å². The third-order valence-corrected chi connectivity index (χ3v) is 3.73. The summed E-state index contributed by atoms with van der Waals surface area (Å²) >= 11 is 0. The number of nitrogens with one attached hydrogen (secondary N) is 1. The number of hydrogen-bond donors (Lipinski definition) is 2. The van der Waals surface area contributed by atoms with Crippen LogP contribution in [0.2, 0.25) is 0 Å². The fourth-order valence-corrected chi connectivity index (χ4v) is 2.57. The molecule has 14 heavy (non-hydrogen) atoms. The van der Waals surface area contributed by atoms with Gasteiger partial charge in [0.05, 0.1) is 6.10 Å². The highest BCUT2D eigenvalue weighted by molar-refractivity contribution is 4.91. The lowest BCUT2D eigenvalue weighted by Crippen LogP contribution is -2.37. The zero-order valence-electron chi connectivity index (χ0n) is 9.04. The first-order chi connectivity index (χ1) is 6.81. The third kappa shape index (κ3) is 2.47. The standard InChI is InChI=1S/C11H22N2O/c1-8-7-10(8)11(13-12)5-4-9-3-2-6-14-9/h8-11,13H,2-7,12H2,1H3. The SMILES string of the molecule is CC1CC1C(CCC1CCCO1)NN. The Morgan fingerprint density at radius 2 is 2.36 bits per heavy atom. The van der Waals surface area contributed by atoms with Crippen molar-refractivity contribution in [3.05, 3.63) is 0 Å². The van der Waals surface area contributed by atoms with Crippen molar-refractivity contribution >= 4 is 0 Å². The van der Waals surface area contributed by atoms with E-state index in [1.165, 1.54) is 32.1 Å². The van der Waals surface area contributed by atoms with Gasteiger partial charge in [0.2, 0.25) is 0 Å². The fraction of sp³-hybridized carbons (Fsp3) is 1.00. The predicted octanol–water partition coefficient (Wildman–Crippen LogP) is 1.43. The Kier molecular flexibility index (Phi) is 3.42. The summed E-state index contributed by atoms with van der Waals surface area (Å²) in [5.41, 5.74) is 2.96. The van der Waals surface area contributed by atoms with E-state index in [1.807, 2.05) is 0 Å². The zero-order valence-corrected chi connectivity index (χ0v) is 9.04. The van der Waals surface area contributed by atoms with E-state index in [4.69, 9.17) is 10.6 Å². The monoisotopic (exact) mass is 198 g/mol. The second-order valence-corrected chi connectivity index (χ2v) is 4.86. The summed E-state index contributed by atoms with van der Waals surface area (Å²) < 4.78 is 5.61. The van der Waals surface area contributed by atoms with Crippen LogP contribution in [0.4, 0.5) is 0 Å². The highest BCUT2D eigenvalue weighted by Crippen LogP contribution is 2.41. The zero-order chi connectivity index (χ0) is 9.97. The van der Waals surface area contributed by atoms with Crippen molar-refractivity contribution in [1.29, 1.82) is 0 Å². The molecule has 2 aliphatic rings. The van der Waals surface area contributed by atoms with E-state index in [9.17, 15) is 0 Å². The van der Waals surface area contributed by atoms with Crippen LogP contribution in [0.15, 0.2) is 0 Å². The molecular formula is C11H22N2O. The Morgan fingerprint density at radius 1 is 1.57 bits per heavy atom. The molecule has 4 unspecified atom stereocenters. The lowest BCUT2D eigenvalue weighted by molar-refractivity contribution is 0.0986. The van der Waals surface area contributed by atoms with Gasteiger partial charge in [0.25, 0.3) is 0 Å². The van der Waals surface area contributed by atoms with Crippen LogP contribution in [-0.4, -0.2) is 18.8 Å². The Hall–Kier alpha value is -0.120. The molecule has 0 radical (unpaired) electrons. The molecule has 2 rings (SSSR count). The van der Waals surface area contributed by atoms with Crippen molar-refractivity contribution in [2.24, 2.45) is 17.7 Å². The molecule has 1 aliphatic heterocycles. The van der Waals surface area contributed by atoms with Gasteiger partial charge in [-0.15, -0.1) is 0 Å². The topological polar surface area (TPSA) is 47.3 Å². The van der Waals surface area contributed by atoms with Gasteiger partial charge in [-0.05, 0) is 43.9 Å². The number of hydrazine groups is 1. The molecule has 1 saturated carbocycles. The number of ether oxygens (including phenoxy) is 1. The van der Waals surface area contributed by atoms with Gasteiger partial charge in [0.15, 0.2) is 0 Å². The lowest BCUT2D eigenvalue weighted by atomic mass is 10.0. The van der Waals surface area contributed by atoms with Crippen LogP contribution >= 0.6 is 0 Å². The molecular weight excluding hydrogens is 176 g/mol. The number of rotatable bonds is 5. The van der Waals surface area contributed by atoms with Crippen molar-refractivity contribution < 1.29 is 4.74 Å². The summed E-state index contributed by atoms with van der Waals surface area (Å²) in [7, 11) is 0. The molecule has 0 aromatic carbocycles. The number of hydrogen-bond acceptors (Lipinski definition) is 3. The maximum atomic E-state index is 5.61. The van der Waals surface area contributed by atoms with Gasteiger partial charge in [0.1, 0.15) is 0 Å². The van der Waals surface area contributed by atoms with E-state index in [-0.39, 0.29) is 0 Å². The van der Waals surface area contributed by atoms with Gasteiger partial charge in [0, 0.05) is 12.6 Å². The van der Waals surface area contributed by atoms with Crippen LogP contribution < -0.4 is 11.3 Å². The van der Waals surface area contributed by atoms with E-state index in [1.54, 1.807) is 0 Å². The first kappa shape index (κ1) is 10.4. The summed E-state index contributed by atoms with van der Waals surface area (Å²) in [6, 6.07) is 0.522. The molecule has 3 nitrogen and oxygen atoms in total. The van der Waals surface area contributed by atoms with Crippen LogP contribution in [0.1, 0.15) is 39.0 Å². The molecule has 0 amide bonds. The average molecular weight is 198 g/mol. The maximum Gasteiger partial charge on any atom is 0.0576 e. The minimum absolute atomic E-state index is 0.514. The molecule has 0 aromatic rings. The van der Waals surface area contributed by atoms with E-state index >= 15 is 0 Å². The van der Waals surface area contributed by atoms with Crippen molar-refractivity contribution in [2.45, 2.75) is 51.2 Å². The van der Waals surface area contributed by atoms with Crippen molar-refractivity contribution in [2.75, 3.05) is 6.61 Å². The molecule has 2 fully saturated rings. The third-order valence-electron chi connectivity index (χ3n) is 3.73. The van der Waals surface area contributed by atoms with Gasteiger partial charge >= 0.3 is 0 Å². The lowest BCUT2D eigenvalue weighted by Gasteiger charge is -2.17. The highest BCUT2D eigenvalue weighted by atomic mass is 16.5. The Labute approximate surface area is 86.4 Å². The Bertz CT molecular complexity index is 180. The molecule has 0 spiro atoms. The van der Waals surface area contributed by atoms with E-state index in [0.29, 0.717) is 12.1 Å². The molecule has 4 atom stereocenters. The van der Waals surface area contributed by atoms with Crippen LogP contribution in [0.5, 0.6) is 0 Å². The minimum Gasteiger partial charge on any atom is -0.378 e.